The van der Waals surface area contributed by atoms with Crippen molar-refractivity contribution in [3.63, 3.8) is 0 Å². The normalized spacial score (nSPS) is 18.8. The second-order valence-corrected chi connectivity index (χ2v) is 5.01. The van der Waals surface area contributed by atoms with Crippen molar-refractivity contribution in [1.82, 2.24) is 4.90 Å². The molecule has 1 aromatic rings. The van der Waals surface area contributed by atoms with Gasteiger partial charge in [-0.25, -0.2) is 4.79 Å². The van der Waals surface area contributed by atoms with Crippen LogP contribution in [0, 0.1) is 0 Å². The number of hydrogen-bond donors (Lipinski definition) is 0. The number of methoxy groups -OCH3 is 1. The number of hydrogen-bond acceptors (Lipinski definition) is 3. The molecular formula is C13H14BrNO3. The Morgan fingerprint density at radius 3 is 2.78 bits per heavy atom. The van der Waals surface area contributed by atoms with Gasteiger partial charge in [-0.15, -0.1) is 0 Å². The smallest absolute Gasteiger partial charge is 0.328 e. The largest absolute Gasteiger partial charge is 0.467 e. The molecule has 0 bridgehead atoms. The van der Waals surface area contributed by atoms with Crippen LogP contribution in [0.25, 0.3) is 0 Å². The van der Waals surface area contributed by atoms with Crippen LogP contribution in [-0.2, 0) is 9.53 Å². The van der Waals surface area contributed by atoms with Crippen LogP contribution in [0.5, 0.6) is 0 Å². The summed E-state index contributed by atoms with van der Waals surface area (Å²) >= 11 is 3.35. The molecule has 1 aliphatic rings. The topological polar surface area (TPSA) is 46.6 Å². The number of likely N-dealkylation sites (tertiary alicyclic amines) is 1. The molecule has 1 atom stereocenters. The number of esters is 1. The van der Waals surface area contributed by atoms with Gasteiger partial charge in [0.25, 0.3) is 5.91 Å². The second-order valence-electron chi connectivity index (χ2n) is 4.16. The quantitative estimate of drug-likeness (QED) is 0.787. The summed E-state index contributed by atoms with van der Waals surface area (Å²) in [5.41, 5.74) is 0.577. The van der Waals surface area contributed by atoms with E-state index in [-0.39, 0.29) is 11.9 Å². The summed E-state index contributed by atoms with van der Waals surface area (Å²) < 4.78 is 5.48. The summed E-state index contributed by atoms with van der Waals surface area (Å²) in [6.45, 7) is 0.597. The maximum absolute atomic E-state index is 12.4. The first kappa shape index (κ1) is 13.1. The molecule has 0 aromatic heterocycles. The van der Waals surface area contributed by atoms with Crippen molar-refractivity contribution in [2.24, 2.45) is 0 Å². The van der Waals surface area contributed by atoms with Crippen LogP contribution < -0.4 is 0 Å². The van der Waals surface area contributed by atoms with E-state index in [0.29, 0.717) is 18.5 Å². The van der Waals surface area contributed by atoms with Gasteiger partial charge in [0.05, 0.1) is 12.7 Å². The standard InChI is InChI=1S/C13H14BrNO3/c1-18-13(17)11-7-4-8-15(11)12(16)9-5-2-3-6-10(9)14/h2-3,5-6,11H,4,7-8H2,1H3/t11-/m0/s1. The molecule has 1 amide bonds. The van der Waals surface area contributed by atoms with E-state index in [1.807, 2.05) is 12.1 Å². The Morgan fingerprint density at radius 2 is 2.11 bits per heavy atom. The van der Waals surface area contributed by atoms with Crippen LogP contribution in [0.3, 0.4) is 0 Å². The SMILES string of the molecule is COC(=O)[C@@H]1CCCN1C(=O)c1ccccc1Br. The molecule has 96 valence electrons. The van der Waals surface area contributed by atoms with Crippen LogP contribution in [0.2, 0.25) is 0 Å². The molecule has 0 spiro atoms. The van der Waals surface area contributed by atoms with Gasteiger partial charge < -0.3 is 9.64 Å². The Balaban J connectivity index is 2.23. The van der Waals surface area contributed by atoms with E-state index >= 15 is 0 Å². The summed E-state index contributed by atoms with van der Waals surface area (Å²) in [4.78, 5) is 25.6. The molecule has 0 radical (unpaired) electrons. The molecule has 0 N–H and O–H groups in total. The minimum absolute atomic E-state index is 0.129. The Labute approximate surface area is 114 Å². The van der Waals surface area contributed by atoms with E-state index in [1.54, 1.807) is 17.0 Å². The molecule has 2 rings (SSSR count). The molecule has 4 nitrogen and oxygen atoms in total. The molecule has 1 saturated heterocycles. The third-order valence-corrected chi connectivity index (χ3v) is 3.78. The highest BCUT2D eigenvalue weighted by atomic mass is 79.9. The summed E-state index contributed by atoms with van der Waals surface area (Å²) in [5.74, 6) is -0.469. The van der Waals surface area contributed by atoms with E-state index < -0.39 is 6.04 Å². The highest BCUT2D eigenvalue weighted by Crippen LogP contribution is 2.24. The van der Waals surface area contributed by atoms with Crippen molar-refractivity contribution < 1.29 is 14.3 Å². The minimum atomic E-state index is -0.449. The number of carbonyl (C=O) groups excluding carboxylic acids is 2. The zero-order valence-corrected chi connectivity index (χ0v) is 11.6. The molecule has 18 heavy (non-hydrogen) atoms. The lowest BCUT2D eigenvalue weighted by molar-refractivity contribution is -0.145. The van der Waals surface area contributed by atoms with Crippen LogP contribution in [-0.4, -0.2) is 36.5 Å². The second kappa shape index (κ2) is 5.52. The summed E-state index contributed by atoms with van der Waals surface area (Å²) in [6.07, 6.45) is 1.50. The first-order chi connectivity index (χ1) is 8.65. The van der Waals surface area contributed by atoms with Crippen LogP contribution in [0.1, 0.15) is 23.2 Å². The van der Waals surface area contributed by atoms with Crippen molar-refractivity contribution in [1.29, 1.82) is 0 Å². The van der Waals surface area contributed by atoms with Gasteiger partial charge in [0.1, 0.15) is 6.04 Å². The molecule has 0 unspecified atom stereocenters. The third-order valence-electron chi connectivity index (χ3n) is 3.09. The van der Waals surface area contributed by atoms with Crippen LogP contribution >= 0.6 is 15.9 Å². The molecule has 0 saturated carbocycles. The molecule has 1 heterocycles. The number of halogens is 1. The Morgan fingerprint density at radius 1 is 1.39 bits per heavy atom. The van der Waals surface area contributed by atoms with Gasteiger partial charge in [0, 0.05) is 11.0 Å². The first-order valence-corrected chi connectivity index (χ1v) is 6.57. The zero-order valence-electron chi connectivity index (χ0n) is 10.1. The lowest BCUT2D eigenvalue weighted by atomic mass is 10.1. The zero-order chi connectivity index (χ0) is 13.1. The third kappa shape index (κ3) is 2.41. The number of ether oxygens (including phenoxy) is 1. The predicted octanol–water partition coefficient (Wildman–Crippen LogP) is 2.23. The average Bonchev–Trinajstić information content (AvgIpc) is 2.86. The van der Waals surface area contributed by atoms with E-state index in [9.17, 15) is 9.59 Å². The van der Waals surface area contributed by atoms with Gasteiger partial charge in [-0.1, -0.05) is 12.1 Å². The van der Waals surface area contributed by atoms with Crippen molar-refractivity contribution in [2.45, 2.75) is 18.9 Å². The van der Waals surface area contributed by atoms with Crippen molar-refractivity contribution >= 4 is 27.8 Å². The van der Waals surface area contributed by atoms with Crippen LogP contribution in [0.15, 0.2) is 28.7 Å². The van der Waals surface area contributed by atoms with Gasteiger partial charge in [-0.3, -0.25) is 4.79 Å². The lowest BCUT2D eigenvalue weighted by Gasteiger charge is -2.23. The fourth-order valence-corrected chi connectivity index (χ4v) is 2.63. The summed E-state index contributed by atoms with van der Waals surface area (Å²) in [7, 11) is 1.35. The van der Waals surface area contributed by atoms with Gasteiger partial charge >= 0.3 is 5.97 Å². The Bertz CT molecular complexity index is 475. The molecule has 1 aliphatic heterocycles. The highest BCUT2D eigenvalue weighted by molar-refractivity contribution is 9.10. The van der Waals surface area contributed by atoms with Crippen molar-refractivity contribution in [3.05, 3.63) is 34.3 Å². The lowest BCUT2D eigenvalue weighted by Crippen LogP contribution is -2.41. The average molecular weight is 312 g/mol. The number of amides is 1. The Hall–Kier alpha value is -1.36. The van der Waals surface area contributed by atoms with Gasteiger partial charge in [0.2, 0.25) is 0 Å². The van der Waals surface area contributed by atoms with Gasteiger partial charge in [0.15, 0.2) is 0 Å². The number of nitrogens with zero attached hydrogens (tertiary/aromatic N) is 1. The van der Waals surface area contributed by atoms with Gasteiger partial charge in [-0.05, 0) is 40.9 Å². The Kier molecular flexibility index (Phi) is 4.01. The monoisotopic (exact) mass is 311 g/mol. The van der Waals surface area contributed by atoms with Gasteiger partial charge in [-0.2, -0.15) is 0 Å². The fourth-order valence-electron chi connectivity index (χ4n) is 2.18. The number of benzene rings is 1. The summed E-state index contributed by atoms with van der Waals surface area (Å²) in [6, 6.07) is 6.77. The maximum atomic E-state index is 12.4. The van der Waals surface area contributed by atoms with E-state index in [4.69, 9.17) is 4.74 Å². The predicted molar refractivity (Wildman–Crippen MR) is 70.2 cm³/mol. The molecule has 0 aliphatic carbocycles. The van der Waals surface area contributed by atoms with E-state index in [1.165, 1.54) is 7.11 Å². The van der Waals surface area contributed by atoms with E-state index in [2.05, 4.69) is 15.9 Å². The minimum Gasteiger partial charge on any atom is -0.467 e. The van der Waals surface area contributed by atoms with Crippen molar-refractivity contribution in [2.75, 3.05) is 13.7 Å². The van der Waals surface area contributed by atoms with Crippen LogP contribution in [0.4, 0.5) is 0 Å². The van der Waals surface area contributed by atoms with Crippen molar-refractivity contribution in [3.8, 4) is 0 Å². The number of rotatable bonds is 2. The number of carbonyl (C=O) groups is 2. The molecule has 1 fully saturated rings. The maximum Gasteiger partial charge on any atom is 0.328 e. The molecule has 1 aromatic carbocycles. The highest BCUT2D eigenvalue weighted by Gasteiger charge is 2.35. The first-order valence-electron chi connectivity index (χ1n) is 5.78. The summed E-state index contributed by atoms with van der Waals surface area (Å²) in [5, 5.41) is 0. The fraction of sp³-hybridized carbons (Fsp3) is 0.385. The molecule has 5 heteroatoms. The molecular weight excluding hydrogens is 298 g/mol. The van der Waals surface area contributed by atoms with E-state index in [0.717, 1.165) is 10.9 Å².